The molecule has 0 bridgehead atoms. The van der Waals surface area contributed by atoms with Gasteiger partial charge >= 0.3 is 0 Å². The molecule has 1 N–H and O–H groups in total. The molecule has 0 aliphatic carbocycles. The van der Waals surface area contributed by atoms with Crippen molar-refractivity contribution in [1.29, 1.82) is 0 Å². The minimum absolute atomic E-state index is 0.0744. The van der Waals surface area contributed by atoms with Gasteiger partial charge in [0.05, 0.1) is 16.5 Å². The van der Waals surface area contributed by atoms with E-state index in [-0.39, 0.29) is 5.91 Å². The second-order valence-corrected chi connectivity index (χ2v) is 8.45. The molecule has 8 heteroatoms. The van der Waals surface area contributed by atoms with Crippen LogP contribution in [0.4, 0.5) is 11.4 Å². The Morgan fingerprint density at radius 2 is 2.12 bits per heavy atom. The van der Waals surface area contributed by atoms with E-state index in [0.717, 1.165) is 33.8 Å². The Labute approximate surface area is 154 Å². The number of benzene rings is 1. The van der Waals surface area contributed by atoms with Gasteiger partial charge in [0.25, 0.3) is 0 Å². The molecule has 128 valence electrons. The topological polar surface area (TPSA) is 58.1 Å². The largest absolute Gasteiger partial charge is 0.370 e. The van der Waals surface area contributed by atoms with Gasteiger partial charge in [0.1, 0.15) is 5.01 Å². The minimum atomic E-state index is -0.0744. The highest BCUT2D eigenvalue weighted by molar-refractivity contribution is 8.01. The van der Waals surface area contributed by atoms with E-state index in [0.29, 0.717) is 10.8 Å². The lowest BCUT2D eigenvalue weighted by Gasteiger charge is -2.29. The van der Waals surface area contributed by atoms with Gasteiger partial charge in [-0.1, -0.05) is 34.7 Å². The molecule has 0 unspecified atom stereocenters. The molecule has 5 nitrogen and oxygen atoms in total. The van der Waals surface area contributed by atoms with Crippen LogP contribution in [0, 0.1) is 6.92 Å². The number of hydrogen-bond acceptors (Lipinski definition) is 6. The second kappa shape index (κ2) is 8.18. The Balaban J connectivity index is 1.56. The third kappa shape index (κ3) is 4.62. The van der Waals surface area contributed by atoms with Crippen LogP contribution in [-0.2, 0) is 4.79 Å². The molecule has 1 saturated heterocycles. The molecule has 1 amide bonds. The van der Waals surface area contributed by atoms with Gasteiger partial charge in [-0.2, -0.15) is 0 Å². The van der Waals surface area contributed by atoms with Crippen molar-refractivity contribution in [2.75, 3.05) is 29.1 Å². The monoisotopic (exact) mass is 382 g/mol. The van der Waals surface area contributed by atoms with Crippen LogP contribution in [0.1, 0.15) is 24.3 Å². The summed E-state index contributed by atoms with van der Waals surface area (Å²) in [7, 11) is 0. The molecule has 0 atom stereocenters. The molecule has 0 radical (unpaired) electrons. The lowest BCUT2D eigenvalue weighted by atomic mass is 10.1. The van der Waals surface area contributed by atoms with Gasteiger partial charge in [-0.3, -0.25) is 4.79 Å². The van der Waals surface area contributed by atoms with Gasteiger partial charge < -0.3 is 10.2 Å². The van der Waals surface area contributed by atoms with Crippen molar-refractivity contribution in [1.82, 2.24) is 10.2 Å². The van der Waals surface area contributed by atoms with E-state index in [1.165, 1.54) is 42.4 Å². The van der Waals surface area contributed by atoms with E-state index in [1.807, 2.05) is 25.1 Å². The SMILES string of the molecule is Cc1nnc(SCC(=O)Nc2ccc(N3CCCCC3)c(Cl)c2)s1. The number of halogens is 1. The summed E-state index contributed by atoms with van der Waals surface area (Å²) in [5.41, 5.74) is 1.77. The lowest BCUT2D eigenvalue weighted by Crippen LogP contribution is -2.29. The summed E-state index contributed by atoms with van der Waals surface area (Å²) < 4.78 is 0.807. The fourth-order valence-corrected chi connectivity index (χ4v) is 4.55. The van der Waals surface area contributed by atoms with Crippen LogP contribution in [0.25, 0.3) is 0 Å². The van der Waals surface area contributed by atoms with Gasteiger partial charge in [0.2, 0.25) is 5.91 Å². The normalized spacial score (nSPS) is 14.7. The fraction of sp³-hybridized carbons (Fsp3) is 0.438. The molecule has 1 aliphatic rings. The van der Waals surface area contributed by atoms with Crippen molar-refractivity contribution < 1.29 is 4.79 Å². The second-order valence-electron chi connectivity index (χ2n) is 5.64. The summed E-state index contributed by atoms with van der Waals surface area (Å²) in [6, 6.07) is 5.72. The average Bonchev–Trinajstić information content (AvgIpc) is 2.99. The number of aromatic nitrogens is 2. The van der Waals surface area contributed by atoms with Crippen LogP contribution in [0.15, 0.2) is 22.5 Å². The number of thioether (sulfide) groups is 1. The zero-order valence-electron chi connectivity index (χ0n) is 13.4. The zero-order valence-corrected chi connectivity index (χ0v) is 15.8. The Hall–Kier alpha value is -1.31. The average molecular weight is 383 g/mol. The summed E-state index contributed by atoms with van der Waals surface area (Å²) in [6.45, 7) is 3.99. The molecule has 1 aromatic carbocycles. The van der Waals surface area contributed by atoms with Crippen LogP contribution in [0.3, 0.4) is 0 Å². The first-order chi connectivity index (χ1) is 11.6. The third-order valence-corrected chi connectivity index (χ3v) is 6.04. The number of piperidine rings is 1. The summed E-state index contributed by atoms with van der Waals surface area (Å²) in [6.07, 6.45) is 3.70. The number of carbonyl (C=O) groups excluding carboxylic acids is 1. The predicted octanol–water partition coefficient (Wildman–Crippen LogP) is 4.22. The Kier molecular flexibility index (Phi) is 5.97. The molecule has 0 saturated carbocycles. The molecule has 2 heterocycles. The van der Waals surface area contributed by atoms with Crippen molar-refractivity contribution in [2.24, 2.45) is 0 Å². The number of hydrogen-bond donors (Lipinski definition) is 1. The van der Waals surface area contributed by atoms with E-state index in [2.05, 4.69) is 20.4 Å². The highest BCUT2D eigenvalue weighted by atomic mass is 35.5. The molecule has 24 heavy (non-hydrogen) atoms. The van der Waals surface area contributed by atoms with E-state index >= 15 is 0 Å². The van der Waals surface area contributed by atoms with Gasteiger partial charge in [0, 0.05) is 18.8 Å². The third-order valence-electron chi connectivity index (χ3n) is 3.76. The summed E-state index contributed by atoms with van der Waals surface area (Å²) in [5, 5.41) is 12.4. The molecule has 2 aromatic rings. The first kappa shape index (κ1) is 17.5. The van der Waals surface area contributed by atoms with E-state index in [9.17, 15) is 4.79 Å². The van der Waals surface area contributed by atoms with Crippen LogP contribution in [0.5, 0.6) is 0 Å². The number of rotatable bonds is 5. The van der Waals surface area contributed by atoms with Crippen LogP contribution in [-0.4, -0.2) is 34.9 Å². The van der Waals surface area contributed by atoms with Crippen molar-refractivity contribution >= 4 is 52.0 Å². The summed E-state index contributed by atoms with van der Waals surface area (Å²) in [4.78, 5) is 14.4. The molecule has 1 fully saturated rings. The van der Waals surface area contributed by atoms with Crippen molar-refractivity contribution in [3.05, 3.63) is 28.2 Å². The van der Waals surface area contributed by atoms with Crippen LogP contribution >= 0.6 is 34.7 Å². The fourth-order valence-electron chi connectivity index (χ4n) is 2.64. The van der Waals surface area contributed by atoms with Gasteiger partial charge in [-0.05, 0) is 44.4 Å². The quantitative estimate of drug-likeness (QED) is 0.784. The maximum absolute atomic E-state index is 12.1. The van der Waals surface area contributed by atoms with E-state index in [4.69, 9.17) is 11.6 Å². The highest BCUT2D eigenvalue weighted by Gasteiger charge is 2.14. The lowest BCUT2D eigenvalue weighted by molar-refractivity contribution is -0.113. The number of aryl methyl sites for hydroxylation is 1. The molecule has 3 rings (SSSR count). The summed E-state index contributed by atoms with van der Waals surface area (Å²) in [5.74, 6) is 0.231. The maximum Gasteiger partial charge on any atom is 0.234 e. The number of nitrogens with one attached hydrogen (secondary N) is 1. The van der Waals surface area contributed by atoms with Gasteiger partial charge in [0.15, 0.2) is 4.34 Å². The maximum atomic E-state index is 12.1. The minimum Gasteiger partial charge on any atom is -0.370 e. The highest BCUT2D eigenvalue weighted by Crippen LogP contribution is 2.31. The predicted molar refractivity (Wildman–Crippen MR) is 102 cm³/mol. The van der Waals surface area contributed by atoms with Crippen molar-refractivity contribution in [2.45, 2.75) is 30.5 Å². The zero-order chi connectivity index (χ0) is 16.9. The van der Waals surface area contributed by atoms with E-state index < -0.39 is 0 Å². The molecule has 0 spiro atoms. The molecule has 1 aromatic heterocycles. The molecular weight excluding hydrogens is 364 g/mol. The van der Waals surface area contributed by atoms with Crippen LogP contribution in [0.2, 0.25) is 5.02 Å². The van der Waals surface area contributed by atoms with Crippen LogP contribution < -0.4 is 10.2 Å². The number of anilines is 2. The van der Waals surface area contributed by atoms with Crippen molar-refractivity contribution in [3.8, 4) is 0 Å². The summed E-state index contributed by atoms with van der Waals surface area (Å²) >= 11 is 9.29. The Bertz CT molecular complexity index is 716. The first-order valence-corrected chi connectivity index (χ1v) is 10.1. The van der Waals surface area contributed by atoms with Gasteiger partial charge in [-0.25, -0.2) is 0 Å². The Morgan fingerprint density at radius 1 is 1.33 bits per heavy atom. The standard InChI is InChI=1S/C16H19ClN4OS2/c1-11-19-20-16(24-11)23-10-15(22)18-12-5-6-14(13(17)9-12)21-7-3-2-4-8-21/h5-6,9H,2-4,7-8,10H2,1H3,(H,18,22). The van der Waals surface area contributed by atoms with Gasteiger partial charge in [-0.15, -0.1) is 10.2 Å². The number of nitrogens with zero attached hydrogens (tertiary/aromatic N) is 3. The first-order valence-electron chi connectivity index (χ1n) is 7.89. The van der Waals surface area contributed by atoms with Crippen molar-refractivity contribution in [3.63, 3.8) is 0 Å². The smallest absolute Gasteiger partial charge is 0.234 e. The number of carbonyl (C=O) groups is 1. The molecule has 1 aliphatic heterocycles. The molecular formula is C16H19ClN4OS2. The Morgan fingerprint density at radius 3 is 2.79 bits per heavy atom. The number of amides is 1. The van der Waals surface area contributed by atoms with E-state index in [1.54, 1.807) is 0 Å².